The van der Waals surface area contributed by atoms with E-state index >= 15 is 0 Å². The van der Waals surface area contributed by atoms with Crippen LogP contribution in [0.4, 0.5) is 5.82 Å². The first-order valence-electron chi connectivity index (χ1n) is 11.6. The fourth-order valence-corrected chi connectivity index (χ4v) is 4.49. The number of anilines is 1. The molecule has 2 heterocycles. The van der Waals surface area contributed by atoms with Gasteiger partial charge in [0, 0.05) is 19.2 Å². The highest BCUT2D eigenvalue weighted by Gasteiger charge is 2.15. The number of hydrogen-bond donors (Lipinski definition) is 1. The van der Waals surface area contributed by atoms with Gasteiger partial charge in [-0.25, -0.2) is 9.67 Å². The summed E-state index contributed by atoms with van der Waals surface area (Å²) in [4.78, 5) is 30.7. The molecule has 0 aliphatic rings. The molecule has 2 aromatic carbocycles. The van der Waals surface area contributed by atoms with Gasteiger partial charge >= 0.3 is 0 Å². The minimum absolute atomic E-state index is 0.103. The predicted octanol–water partition coefficient (Wildman–Crippen LogP) is 4.44. The minimum atomic E-state index is -0.204. The second-order valence-corrected chi connectivity index (χ2v) is 9.34. The van der Waals surface area contributed by atoms with Gasteiger partial charge < -0.3 is 10.1 Å². The molecule has 0 atom stereocenters. The van der Waals surface area contributed by atoms with E-state index in [4.69, 9.17) is 4.74 Å². The Balaban J connectivity index is 1.51. The van der Waals surface area contributed by atoms with Gasteiger partial charge in [-0.05, 0) is 51.5 Å². The van der Waals surface area contributed by atoms with Gasteiger partial charge in [-0.15, -0.1) is 0 Å². The van der Waals surface area contributed by atoms with Gasteiger partial charge in [0.1, 0.15) is 5.82 Å². The Morgan fingerprint density at radius 1 is 1.11 bits per heavy atom. The SMILES string of the molecule is Cc1cc(NC(=O)CSc2nc3ccccc3c(=O)n2CCCOC(C)C)n(-c2ccccc2)n1. The van der Waals surface area contributed by atoms with Crippen molar-refractivity contribution < 1.29 is 9.53 Å². The molecule has 1 N–H and O–H groups in total. The zero-order valence-corrected chi connectivity index (χ0v) is 20.9. The first-order chi connectivity index (χ1) is 16.9. The lowest BCUT2D eigenvalue weighted by Crippen LogP contribution is -2.25. The Labute approximate surface area is 208 Å². The molecule has 35 heavy (non-hydrogen) atoms. The first-order valence-corrected chi connectivity index (χ1v) is 12.6. The molecule has 0 aliphatic carbocycles. The van der Waals surface area contributed by atoms with Crippen molar-refractivity contribution in [2.45, 2.75) is 45.0 Å². The van der Waals surface area contributed by atoms with Crippen molar-refractivity contribution >= 4 is 34.4 Å². The van der Waals surface area contributed by atoms with E-state index < -0.39 is 0 Å². The maximum absolute atomic E-state index is 13.2. The highest BCUT2D eigenvalue weighted by molar-refractivity contribution is 7.99. The largest absolute Gasteiger partial charge is 0.379 e. The molecule has 0 saturated carbocycles. The summed E-state index contributed by atoms with van der Waals surface area (Å²) in [6.07, 6.45) is 0.805. The van der Waals surface area contributed by atoms with Crippen molar-refractivity contribution in [3.05, 3.63) is 76.7 Å². The van der Waals surface area contributed by atoms with Crippen LogP contribution < -0.4 is 10.9 Å². The number of thioether (sulfide) groups is 1. The van der Waals surface area contributed by atoms with Gasteiger partial charge in [0.05, 0.1) is 34.1 Å². The quantitative estimate of drug-likeness (QED) is 0.200. The van der Waals surface area contributed by atoms with Crippen LogP contribution in [0.2, 0.25) is 0 Å². The van der Waals surface area contributed by atoms with E-state index in [2.05, 4.69) is 15.4 Å². The predicted molar refractivity (Wildman–Crippen MR) is 139 cm³/mol. The van der Waals surface area contributed by atoms with Gasteiger partial charge in [0.15, 0.2) is 5.16 Å². The van der Waals surface area contributed by atoms with E-state index in [0.29, 0.717) is 41.4 Å². The van der Waals surface area contributed by atoms with Crippen LogP contribution in [-0.2, 0) is 16.1 Å². The number of nitrogens with one attached hydrogen (secondary N) is 1. The standard InChI is InChI=1S/C26H29N5O3S/c1-18(2)34-15-9-14-30-25(33)21-12-7-8-13-22(21)27-26(30)35-17-24(32)28-23-16-19(3)29-31(23)20-10-5-4-6-11-20/h4-8,10-13,16,18H,9,14-15,17H2,1-3H3,(H,28,32). The molecule has 0 unspecified atom stereocenters. The topological polar surface area (TPSA) is 91.0 Å². The number of fused-ring (bicyclic) bond motifs is 1. The maximum atomic E-state index is 13.2. The van der Waals surface area contributed by atoms with Crippen molar-refractivity contribution in [3.63, 3.8) is 0 Å². The third-order valence-corrected chi connectivity index (χ3v) is 6.21. The van der Waals surface area contributed by atoms with Crippen molar-refractivity contribution in [2.75, 3.05) is 17.7 Å². The summed E-state index contributed by atoms with van der Waals surface area (Å²) in [7, 11) is 0. The van der Waals surface area contributed by atoms with Crippen molar-refractivity contribution in [1.82, 2.24) is 19.3 Å². The summed E-state index contributed by atoms with van der Waals surface area (Å²) in [6.45, 7) is 6.85. The highest BCUT2D eigenvalue weighted by atomic mass is 32.2. The molecule has 8 nitrogen and oxygen atoms in total. The van der Waals surface area contributed by atoms with Gasteiger partial charge in [0.2, 0.25) is 5.91 Å². The van der Waals surface area contributed by atoms with E-state index in [1.807, 2.05) is 75.4 Å². The molecule has 0 saturated heterocycles. The fourth-order valence-electron chi connectivity index (χ4n) is 3.66. The van der Waals surface area contributed by atoms with E-state index in [9.17, 15) is 9.59 Å². The van der Waals surface area contributed by atoms with Crippen LogP contribution in [0.5, 0.6) is 0 Å². The molecular formula is C26H29N5O3S. The average Bonchev–Trinajstić information content (AvgIpc) is 3.22. The normalized spacial score (nSPS) is 11.3. The number of ether oxygens (including phenoxy) is 1. The Morgan fingerprint density at radius 2 is 1.86 bits per heavy atom. The first kappa shape index (κ1) is 24.7. The maximum Gasteiger partial charge on any atom is 0.262 e. The van der Waals surface area contributed by atoms with Crippen molar-refractivity contribution in [2.24, 2.45) is 0 Å². The lowest BCUT2D eigenvalue weighted by atomic mass is 10.2. The average molecular weight is 492 g/mol. The molecule has 9 heteroatoms. The lowest BCUT2D eigenvalue weighted by molar-refractivity contribution is -0.113. The molecule has 0 bridgehead atoms. The lowest BCUT2D eigenvalue weighted by Gasteiger charge is -2.14. The second kappa shape index (κ2) is 11.3. The number of nitrogens with zero attached hydrogens (tertiary/aromatic N) is 4. The van der Waals surface area contributed by atoms with Crippen molar-refractivity contribution in [1.29, 1.82) is 0 Å². The number of aryl methyl sites for hydroxylation is 1. The fraction of sp³-hybridized carbons (Fsp3) is 0.308. The van der Waals surface area contributed by atoms with Crippen LogP contribution in [0.25, 0.3) is 16.6 Å². The number of carbonyl (C=O) groups is 1. The molecule has 0 spiro atoms. The third-order valence-electron chi connectivity index (χ3n) is 5.24. The number of hydrogen-bond acceptors (Lipinski definition) is 6. The van der Waals surface area contributed by atoms with E-state index in [1.54, 1.807) is 15.3 Å². The number of rotatable bonds is 10. The van der Waals surface area contributed by atoms with Gasteiger partial charge in [-0.3, -0.25) is 14.2 Å². The molecule has 2 aromatic heterocycles. The number of benzene rings is 2. The summed E-state index contributed by atoms with van der Waals surface area (Å²) in [5.74, 6) is 0.491. The summed E-state index contributed by atoms with van der Waals surface area (Å²) < 4.78 is 8.98. The van der Waals surface area contributed by atoms with E-state index in [-0.39, 0.29) is 23.3 Å². The van der Waals surface area contributed by atoms with Gasteiger partial charge in [-0.1, -0.05) is 42.1 Å². The molecule has 4 rings (SSSR count). The smallest absolute Gasteiger partial charge is 0.262 e. The number of amides is 1. The van der Waals surface area contributed by atoms with E-state index in [0.717, 1.165) is 11.4 Å². The highest BCUT2D eigenvalue weighted by Crippen LogP contribution is 2.20. The Morgan fingerprint density at radius 3 is 2.63 bits per heavy atom. The Bertz CT molecular complexity index is 1360. The molecular weight excluding hydrogens is 462 g/mol. The van der Waals surface area contributed by atoms with Crippen LogP contribution in [0.3, 0.4) is 0 Å². The Hall–Kier alpha value is -3.43. The van der Waals surface area contributed by atoms with Crippen molar-refractivity contribution in [3.8, 4) is 5.69 Å². The molecule has 1 amide bonds. The molecule has 0 fully saturated rings. The van der Waals surface area contributed by atoms with Crippen LogP contribution in [-0.4, -0.2) is 43.7 Å². The summed E-state index contributed by atoms with van der Waals surface area (Å²) in [6, 6.07) is 18.7. The monoisotopic (exact) mass is 491 g/mol. The minimum Gasteiger partial charge on any atom is -0.379 e. The summed E-state index contributed by atoms with van der Waals surface area (Å²) >= 11 is 1.25. The summed E-state index contributed by atoms with van der Waals surface area (Å²) in [5, 5.41) is 8.51. The number of para-hydroxylation sites is 2. The number of aromatic nitrogens is 4. The molecule has 4 aromatic rings. The third kappa shape index (κ3) is 6.17. The number of carbonyl (C=O) groups excluding carboxylic acids is 1. The summed E-state index contributed by atoms with van der Waals surface area (Å²) in [5.41, 5.74) is 2.16. The van der Waals surface area contributed by atoms with Crippen LogP contribution in [0.1, 0.15) is 26.0 Å². The molecule has 0 radical (unpaired) electrons. The van der Waals surface area contributed by atoms with Gasteiger partial charge in [0.25, 0.3) is 5.56 Å². The molecule has 182 valence electrons. The zero-order valence-electron chi connectivity index (χ0n) is 20.1. The van der Waals surface area contributed by atoms with E-state index in [1.165, 1.54) is 11.8 Å². The Kier molecular flexibility index (Phi) is 7.99. The van der Waals surface area contributed by atoms with Crippen LogP contribution >= 0.6 is 11.8 Å². The molecule has 0 aliphatic heterocycles. The zero-order chi connectivity index (χ0) is 24.8. The second-order valence-electron chi connectivity index (χ2n) is 8.40. The van der Waals surface area contributed by atoms with Crippen LogP contribution in [0.15, 0.2) is 70.6 Å². The van der Waals surface area contributed by atoms with Gasteiger partial charge in [-0.2, -0.15) is 5.10 Å². The van der Waals surface area contributed by atoms with Crippen LogP contribution in [0, 0.1) is 6.92 Å².